The van der Waals surface area contributed by atoms with E-state index in [1.807, 2.05) is 24.3 Å². The van der Waals surface area contributed by atoms with Gasteiger partial charge in [-0.3, -0.25) is 4.79 Å². The Morgan fingerprint density at radius 3 is 2.70 bits per heavy atom. The van der Waals surface area contributed by atoms with Crippen LogP contribution >= 0.6 is 28.3 Å². The fourth-order valence-electron chi connectivity index (χ4n) is 1.63. The van der Waals surface area contributed by atoms with Gasteiger partial charge in [-0.1, -0.05) is 34.1 Å². The Bertz CT molecular complexity index is 391. The zero-order chi connectivity index (χ0) is 13.9. The molecule has 1 rings (SSSR count). The van der Waals surface area contributed by atoms with Crippen LogP contribution in [0, 0.1) is 0 Å². The summed E-state index contributed by atoms with van der Waals surface area (Å²) in [6, 6.07) is 7.98. The summed E-state index contributed by atoms with van der Waals surface area (Å²) < 4.78 is 5.97. The van der Waals surface area contributed by atoms with Gasteiger partial charge >= 0.3 is 0 Å². The summed E-state index contributed by atoms with van der Waals surface area (Å²) in [6.07, 6.45) is 1.27. The summed E-state index contributed by atoms with van der Waals surface area (Å²) in [5.74, 6) is 0.0873. The molecule has 114 valence electrons. The number of carbonyl (C=O) groups is 1. The molecule has 20 heavy (non-hydrogen) atoms. The number of nitrogens with one attached hydrogen (secondary N) is 2. The molecule has 1 aromatic rings. The Kier molecular flexibility index (Phi) is 11.8. The summed E-state index contributed by atoms with van der Waals surface area (Å²) in [5.41, 5.74) is 1.16. The van der Waals surface area contributed by atoms with Crippen molar-refractivity contribution >= 4 is 34.2 Å². The normalized spacial score (nSPS) is 9.90. The van der Waals surface area contributed by atoms with E-state index < -0.39 is 0 Å². The molecule has 0 spiro atoms. The smallest absolute Gasteiger partial charge is 0.220 e. The number of benzene rings is 1. The number of methoxy groups -OCH3 is 1. The summed E-state index contributed by atoms with van der Waals surface area (Å²) in [6.45, 7) is 2.92. The highest BCUT2D eigenvalue weighted by atomic mass is 79.9. The molecule has 1 aromatic carbocycles. The van der Waals surface area contributed by atoms with Crippen molar-refractivity contribution in [2.75, 3.05) is 33.4 Å². The zero-order valence-electron chi connectivity index (χ0n) is 11.7. The van der Waals surface area contributed by atoms with Crippen molar-refractivity contribution in [3.63, 3.8) is 0 Å². The molecule has 0 unspecified atom stereocenters. The SMILES string of the molecule is COCCNCCNC(=O)CCc1ccccc1Br.Cl. The fraction of sp³-hybridized carbons (Fsp3) is 0.500. The van der Waals surface area contributed by atoms with Crippen LogP contribution in [0.1, 0.15) is 12.0 Å². The van der Waals surface area contributed by atoms with Crippen LogP contribution in [0.3, 0.4) is 0 Å². The van der Waals surface area contributed by atoms with E-state index in [-0.39, 0.29) is 18.3 Å². The van der Waals surface area contributed by atoms with E-state index in [1.165, 1.54) is 0 Å². The average molecular weight is 366 g/mol. The van der Waals surface area contributed by atoms with Gasteiger partial charge in [-0.05, 0) is 18.1 Å². The van der Waals surface area contributed by atoms with Gasteiger partial charge in [0.15, 0.2) is 0 Å². The highest BCUT2D eigenvalue weighted by Gasteiger charge is 2.03. The summed E-state index contributed by atoms with van der Waals surface area (Å²) in [5, 5.41) is 6.07. The minimum absolute atomic E-state index is 0. The van der Waals surface area contributed by atoms with E-state index in [9.17, 15) is 4.79 Å². The van der Waals surface area contributed by atoms with Crippen LogP contribution in [0.15, 0.2) is 28.7 Å². The Morgan fingerprint density at radius 2 is 2.00 bits per heavy atom. The standard InChI is InChI=1S/C14H21BrN2O2.ClH/c1-19-11-10-16-8-9-17-14(18)7-6-12-4-2-3-5-13(12)15;/h2-5,16H,6-11H2,1H3,(H,17,18);1H. The molecule has 0 aliphatic heterocycles. The summed E-state index contributed by atoms with van der Waals surface area (Å²) in [4.78, 5) is 11.6. The number of carbonyl (C=O) groups excluding carboxylic acids is 1. The summed E-state index contributed by atoms with van der Waals surface area (Å²) >= 11 is 3.48. The van der Waals surface area contributed by atoms with Crippen LogP contribution in [-0.2, 0) is 16.0 Å². The van der Waals surface area contributed by atoms with Gasteiger partial charge < -0.3 is 15.4 Å². The van der Waals surface area contributed by atoms with Crippen LogP contribution < -0.4 is 10.6 Å². The predicted molar refractivity (Wildman–Crippen MR) is 87.5 cm³/mol. The van der Waals surface area contributed by atoms with Gasteiger partial charge in [0.05, 0.1) is 6.61 Å². The molecule has 0 heterocycles. The Labute approximate surface area is 135 Å². The van der Waals surface area contributed by atoms with Crippen LogP contribution in [0.2, 0.25) is 0 Å². The number of hydrogen-bond acceptors (Lipinski definition) is 3. The molecule has 1 amide bonds. The molecular weight excluding hydrogens is 344 g/mol. The second kappa shape index (κ2) is 12.1. The van der Waals surface area contributed by atoms with Crippen molar-refractivity contribution < 1.29 is 9.53 Å². The second-order valence-corrected chi connectivity index (χ2v) is 5.04. The van der Waals surface area contributed by atoms with Gasteiger partial charge in [-0.25, -0.2) is 0 Å². The van der Waals surface area contributed by atoms with Gasteiger partial charge in [0.1, 0.15) is 0 Å². The van der Waals surface area contributed by atoms with Gasteiger partial charge in [0.25, 0.3) is 0 Å². The van der Waals surface area contributed by atoms with Gasteiger partial charge in [-0.15, -0.1) is 12.4 Å². The lowest BCUT2D eigenvalue weighted by molar-refractivity contribution is -0.121. The van der Waals surface area contributed by atoms with Crippen LogP contribution in [0.4, 0.5) is 0 Å². The first kappa shape index (κ1) is 19.4. The van der Waals surface area contributed by atoms with E-state index in [2.05, 4.69) is 26.6 Å². The minimum Gasteiger partial charge on any atom is -0.383 e. The zero-order valence-corrected chi connectivity index (χ0v) is 14.1. The van der Waals surface area contributed by atoms with E-state index >= 15 is 0 Å². The quantitative estimate of drug-likeness (QED) is 0.659. The number of halogens is 2. The highest BCUT2D eigenvalue weighted by molar-refractivity contribution is 9.10. The first-order valence-electron chi connectivity index (χ1n) is 6.44. The van der Waals surface area contributed by atoms with E-state index in [4.69, 9.17) is 4.74 Å². The van der Waals surface area contributed by atoms with Crippen molar-refractivity contribution in [1.82, 2.24) is 10.6 Å². The molecule has 0 saturated heterocycles. The van der Waals surface area contributed by atoms with Crippen molar-refractivity contribution in [1.29, 1.82) is 0 Å². The maximum absolute atomic E-state index is 11.6. The van der Waals surface area contributed by atoms with Crippen molar-refractivity contribution in [3.8, 4) is 0 Å². The molecule has 0 aliphatic rings. The van der Waals surface area contributed by atoms with Crippen LogP contribution in [-0.4, -0.2) is 39.3 Å². The molecule has 2 N–H and O–H groups in total. The van der Waals surface area contributed by atoms with Crippen molar-refractivity contribution in [3.05, 3.63) is 34.3 Å². The molecule has 6 heteroatoms. The van der Waals surface area contributed by atoms with E-state index in [0.29, 0.717) is 19.6 Å². The summed E-state index contributed by atoms with van der Waals surface area (Å²) in [7, 11) is 1.67. The molecule has 0 fully saturated rings. The molecule has 0 aliphatic carbocycles. The molecule has 0 radical (unpaired) electrons. The lowest BCUT2D eigenvalue weighted by Crippen LogP contribution is -2.33. The van der Waals surface area contributed by atoms with Gasteiger partial charge in [0.2, 0.25) is 5.91 Å². The largest absolute Gasteiger partial charge is 0.383 e. The first-order valence-corrected chi connectivity index (χ1v) is 7.23. The third-order valence-corrected chi connectivity index (χ3v) is 3.46. The van der Waals surface area contributed by atoms with Crippen molar-refractivity contribution in [2.24, 2.45) is 0 Å². The lowest BCUT2D eigenvalue weighted by atomic mass is 10.1. The Hall–Kier alpha value is -0.620. The van der Waals surface area contributed by atoms with E-state index in [0.717, 1.165) is 29.5 Å². The first-order chi connectivity index (χ1) is 9.24. The van der Waals surface area contributed by atoms with Crippen molar-refractivity contribution in [2.45, 2.75) is 12.8 Å². The molecule has 0 aromatic heterocycles. The number of aryl methyl sites for hydroxylation is 1. The van der Waals surface area contributed by atoms with Gasteiger partial charge in [-0.2, -0.15) is 0 Å². The van der Waals surface area contributed by atoms with Crippen LogP contribution in [0.5, 0.6) is 0 Å². The Balaban J connectivity index is 0.00000361. The van der Waals surface area contributed by atoms with E-state index in [1.54, 1.807) is 7.11 Å². The topological polar surface area (TPSA) is 50.4 Å². The minimum atomic E-state index is 0. The Morgan fingerprint density at radius 1 is 1.25 bits per heavy atom. The number of ether oxygens (including phenoxy) is 1. The molecule has 0 bridgehead atoms. The number of hydrogen-bond donors (Lipinski definition) is 2. The molecule has 0 saturated carbocycles. The monoisotopic (exact) mass is 364 g/mol. The average Bonchev–Trinajstić information content (AvgIpc) is 2.42. The van der Waals surface area contributed by atoms with Gasteiger partial charge in [0, 0.05) is 37.6 Å². The predicted octanol–water partition coefficient (Wildman–Crippen LogP) is 2.16. The number of rotatable bonds is 9. The molecule has 4 nitrogen and oxygen atoms in total. The number of amides is 1. The molecular formula is C14H22BrClN2O2. The lowest BCUT2D eigenvalue weighted by Gasteiger charge is -2.07. The third kappa shape index (κ3) is 8.53. The maximum Gasteiger partial charge on any atom is 0.220 e. The van der Waals surface area contributed by atoms with Crippen LogP contribution in [0.25, 0.3) is 0 Å². The maximum atomic E-state index is 11.6. The third-order valence-electron chi connectivity index (χ3n) is 2.69. The fourth-order valence-corrected chi connectivity index (χ4v) is 2.11. The highest BCUT2D eigenvalue weighted by Crippen LogP contribution is 2.17. The molecule has 0 atom stereocenters. The second-order valence-electron chi connectivity index (χ2n) is 4.18.